The number of hydrogen-bond donors (Lipinski definition) is 1. The van der Waals surface area contributed by atoms with E-state index in [1.54, 1.807) is 12.8 Å². The predicted octanol–water partition coefficient (Wildman–Crippen LogP) is -0.226. The van der Waals surface area contributed by atoms with E-state index >= 15 is 0 Å². The minimum absolute atomic E-state index is 0.0189. The maximum Gasteiger partial charge on any atom is 0.340 e. The Morgan fingerprint density at radius 1 is 1.28 bits per heavy atom. The monoisotopic (exact) mass is 403 g/mol. The van der Waals surface area contributed by atoms with Gasteiger partial charge in [-0.3, -0.25) is 9.59 Å². The van der Waals surface area contributed by atoms with Crippen LogP contribution in [0.4, 0.5) is 10.6 Å². The van der Waals surface area contributed by atoms with E-state index in [-0.39, 0.29) is 17.6 Å². The zero-order chi connectivity index (χ0) is 20.5. The number of ether oxygens (including phenoxy) is 2. The highest BCUT2D eigenvalue weighted by Gasteiger charge is 2.32. The maximum atomic E-state index is 13.1. The van der Waals surface area contributed by atoms with Crippen LogP contribution in [0.1, 0.15) is 32.4 Å². The summed E-state index contributed by atoms with van der Waals surface area (Å²) in [5, 5.41) is 12.4. The first-order valence-corrected chi connectivity index (χ1v) is 9.36. The Morgan fingerprint density at radius 2 is 2.03 bits per heavy atom. The molecule has 154 valence electrons. The Hall–Kier alpha value is -3.02. The SMILES string of the molecule is CC(=O)OCC1[CH][CH]C(n2nnc3c(N4CCCCC4)nn(C(N)=O)c3c2=O)O1. The van der Waals surface area contributed by atoms with Gasteiger partial charge >= 0.3 is 12.0 Å². The van der Waals surface area contributed by atoms with Crippen molar-refractivity contribution in [3.63, 3.8) is 0 Å². The second-order valence-electron chi connectivity index (χ2n) is 6.91. The van der Waals surface area contributed by atoms with Crippen LogP contribution in [-0.4, -0.2) is 62.6 Å². The quantitative estimate of drug-likeness (QED) is 0.684. The van der Waals surface area contributed by atoms with Gasteiger partial charge in [0.05, 0.1) is 6.10 Å². The second-order valence-corrected chi connectivity index (χ2v) is 6.91. The first-order chi connectivity index (χ1) is 14.0. The van der Waals surface area contributed by atoms with Crippen LogP contribution in [0.2, 0.25) is 0 Å². The van der Waals surface area contributed by atoms with Gasteiger partial charge in [0.2, 0.25) is 0 Å². The van der Waals surface area contributed by atoms with Gasteiger partial charge in [-0.2, -0.15) is 9.36 Å². The summed E-state index contributed by atoms with van der Waals surface area (Å²) in [5.41, 5.74) is 5.01. The Morgan fingerprint density at radius 3 is 2.72 bits per heavy atom. The van der Waals surface area contributed by atoms with Crippen molar-refractivity contribution in [1.82, 2.24) is 24.8 Å². The van der Waals surface area contributed by atoms with Gasteiger partial charge in [-0.05, 0) is 19.3 Å². The molecule has 2 fully saturated rings. The molecular formula is C17H21N7O5. The van der Waals surface area contributed by atoms with Crippen molar-refractivity contribution in [3.8, 4) is 0 Å². The summed E-state index contributed by atoms with van der Waals surface area (Å²) in [7, 11) is 0. The summed E-state index contributed by atoms with van der Waals surface area (Å²) < 4.78 is 12.4. The fourth-order valence-electron chi connectivity index (χ4n) is 3.49. The van der Waals surface area contributed by atoms with Crippen LogP contribution in [0.25, 0.3) is 11.0 Å². The molecule has 4 heterocycles. The number of aromatic nitrogens is 5. The molecular weight excluding hydrogens is 382 g/mol. The molecule has 0 aromatic carbocycles. The molecule has 0 aliphatic carbocycles. The van der Waals surface area contributed by atoms with Gasteiger partial charge in [-0.15, -0.1) is 10.2 Å². The molecule has 1 amide bonds. The molecule has 2 aliphatic rings. The van der Waals surface area contributed by atoms with Crippen LogP contribution in [0.3, 0.4) is 0 Å². The number of fused-ring (bicyclic) bond motifs is 1. The number of nitrogens with zero attached hydrogens (tertiary/aromatic N) is 6. The molecule has 2 radical (unpaired) electrons. The van der Waals surface area contributed by atoms with Crippen LogP contribution in [0.15, 0.2) is 4.79 Å². The third-order valence-electron chi connectivity index (χ3n) is 4.86. The van der Waals surface area contributed by atoms with E-state index < -0.39 is 29.9 Å². The molecule has 2 saturated heterocycles. The minimum Gasteiger partial charge on any atom is -0.463 e. The van der Waals surface area contributed by atoms with Crippen LogP contribution in [-0.2, 0) is 14.3 Å². The van der Waals surface area contributed by atoms with Crippen molar-refractivity contribution in [2.45, 2.75) is 38.5 Å². The number of hydrogen-bond acceptors (Lipinski definition) is 9. The number of rotatable bonds is 4. The molecule has 0 spiro atoms. The normalized spacial score (nSPS) is 22.2. The van der Waals surface area contributed by atoms with Crippen molar-refractivity contribution in [3.05, 3.63) is 23.2 Å². The van der Waals surface area contributed by atoms with Crippen molar-refractivity contribution in [2.24, 2.45) is 5.73 Å². The highest BCUT2D eigenvalue weighted by atomic mass is 16.6. The minimum atomic E-state index is -0.884. The van der Waals surface area contributed by atoms with E-state index in [1.165, 1.54) is 6.92 Å². The molecule has 0 bridgehead atoms. The Bertz CT molecular complexity index is 994. The van der Waals surface area contributed by atoms with E-state index in [0.29, 0.717) is 5.82 Å². The van der Waals surface area contributed by atoms with Crippen molar-refractivity contribution >= 4 is 28.9 Å². The number of carbonyl (C=O) groups excluding carboxylic acids is 2. The van der Waals surface area contributed by atoms with Crippen LogP contribution in [0, 0.1) is 12.8 Å². The molecule has 2 atom stereocenters. The molecule has 2 aromatic heterocycles. The molecule has 29 heavy (non-hydrogen) atoms. The highest BCUT2D eigenvalue weighted by Crippen LogP contribution is 2.27. The number of carbonyl (C=O) groups is 2. The van der Waals surface area contributed by atoms with Gasteiger partial charge in [0, 0.05) is 32.9 Å². The predicted molar refractivity (Wildman–Crippen MR) is 99.8 cm³/mol. The van der Waals surface area contributed by atoms with Gasteiger partial charge in [0.1, 0.15) is 6.61 Å². The largest absolute Gasteiger partial charge is 0.463 e. The van der Waals surface area contributed by atoms with E-state index in [9.17, 15) is 14.4 Å². The van der Waals surface area contributed by atoms with Gasteiger partial charge in [0.15, 0.2) is 23.1 Å². The topological polar surface area (TPSA) is 147 Å². The molecule has 2 aliphatic heterocycles. The number of anilines is 1. The zero-order valence-electron chi connectivity index (χ0n) is 15.9. The fraction of sp³-hybridized carbons (Fsp3) is 0.529. The lowest BCUT2D eigenvalue weighted by molar-refractivity contribution is -0.145. The second kappa shape index (κ2) is 7.78. The molecule has 2 N–H and O–H groups in total. The van der Waals surface area contributed by atoms with Crippen LogP contribution >= 0.6 is 0 Å². The lowest BCUT2D eigenvalue weighted by Crippen LogP contribution is -2.32. The number of primary amides is 1. The van der Waals surface area contributed by atoms with Crippen molar-refractivity contribution in [1.29, 1.82) is 0 Å². The fourth-order valence-corrected chi connectivity index (χ4v) is 3.49. The molecule has 0 saturated carbocycles. The summed E-state index contributed by atoms with van der Waals surface area (Å²) in [4.78, 5) is 37.9. The Labute approximate surface area is 165 Å². The lowest BCUT2D eigenvalue weighted by atomic mass is 10.1. The number of amides is 1. The van der Waals surface area contributed by atoms with E-state index in [4.69, 9.17) is 15.2 Å². The van der Waals surface area contributed by atoms with Crippen molar-refractivity contribution < 1.29 is 19.1 Å². The van der Waals surface area contributed by atoms with Gasteiger partial charge in [0.25, 0.3) is 5.56 Å². The summed E-state index contributed by atoms with van der Waals surface area (Å²) in [5.74, 6) is -0.00898. The van der Waals surface area contributed by atoms with E-state index in [0.717, 1.165) is 41.7 Å². The maximum absolute atomic E-state index is 13.1. The molecule has 12 nitrogen and oxygen atoms in total. The summed E-state index contributed by atoms with van der Waals surface area (Å²) in [6.45, 7) is 2.82. The number of nitrogens with two attached hydrogens (primary N) is 1. The average Bonchev–Trinajstić information content (AvgIpc) is 3.32. The molecule has 4 rings (SSSR count). The summed E-state index contributed by atoms with van der Waals surface area (Å²) in [6.07, 6.45) is 4.99. The molecule has 2 aromatic rings. The van der Waals surface area contributed by atoms with Gasteiger partial charge in [-0.1, -0.05) is 5.21 Å². The standard InChI is InChI=1S/C17H21N7O5/c1-10(25)28-9-11-5-6-12(29-11)23-16(26)14-13(19-21-23)15(20-24(14)17(18)27)22-7-3-2-4-8-22/h5-6,11-12H,2-4,7-9H2,1H3,(H2,18,27). The van der Waals surface area contributed by atoms with Crippen LogP contribution < -0.4 is 16.2 Å². The Balaban J connectivity index is 1.68. The number of piperidine rings is 1. The first kappa shape index (κ1) is 19.3. The van der Waals surface area contributed by atoms with E-state index in [2.05, 4.69) is 15.4 Å². The van der Waals surface area contributed by atoms with Gasteiger partial charge < -0.3 is 20.1 Å². The first-order valence-electron chi connectivity index (χ1n) is 9.36. The zero-order valence-corrected chi connectivity index (χ0v) is 15.9. The summed E-state index contributed by atoms with van der Waals surface area (Å²) >= 11 is 0. The third kappa shape index (κ3) is 3.67. The van der Waals surface area contributed by atoms with Crippen molar-refractivity contribution in [2.75, 3.05) is 24.6 Å². The smallest absolute Gasteiger partial charge is 0.340 e. The average molecular weight is 403 g/mol. The summed E-state index contributed by atoms with van der Waals surface area (Å²) in [6, 6.07) is -0.884. The highest BCUT2D eigenvalue weighted by molar-refractivity contribution is 5.93. The van der Waals surface area contributed by atoms with Crippen LogP contribution in [0.5, 0.6) is 0 Å². The Kier molecular flexibility index (Phi) is 5.18. The lowest BCUT2D eigenvalue weighted by Gasteiger charge is -2.26. The molecule has 2 unspecified atom stereocenters. The van der Waals surface area contributed by atoms with Gasteiger partial charge in [-0.25, -0.2) is 4.79 Å². The third-order valence-corrected chi connectivity index (χ3v) is 4.86. The number of esters is 1. The molecule has 12 heteroatoms. The van der Waals surface area contributed by atoms with E-state index in [1.807, 2.05) is 4.90 Å².